The van der Waals surface area contributed by atoms with Crippen molar-refractivity contribution in [3.8, 4) is 0 Å². The van der Waals surface area contributed by atoms with Gasteiger partial charge in [0.15, 0.2) is 5.78 Å². The number of nitrogens with one attached hydrogen (secondary N) is 2. The molecule has 11 atom stereocenters. The Bertz CT molecular complexity index is 1500. The molecule has 6 aliphatic rings. The summed E-state index contributed by atoms with van der Waals surface area (Å²) in [6, 6.07) is -0.965. The van der Waals surface area contributed by atoms with Crippen LogP contribution in [-0.4, -0.2) is 62.2 Å². The van der Waals surface area contributed by atoms with E-state index in [1.165, 1.54) is 10.6 Å². The third-order valence-corrected chi connectivity index (χ3v) is 17.3. The third kappa shape index (κ3) is 5.47. The van der Waals surface area contributed by atoms with E-state index in [2.05, 4.69) is 65.2 Å². The topological polar surface area (TPSA) is 119 Å². The second-order valence-corrected chi connectivity index (χ2v) is 21.9. The summed E-state index contributed by atoms with van der Waals surface area (Å²) in [4.78, 5) is 43.1. The Morgan fingerprint density at radius 1 is 0.863 bits per heavy atom. The zero-order valence-corrected chi connectivity index (χ0v) is 34.3. The van der Waals surface area contributed by atoms with Gasteiger partial charge in [-0.15, -0.1) is 0 Å². The highest BCUT2D eigenvalue weighted by Crippen LogP contribution is 2.75. The molecular weight excluding hydrogens is 638 g/mol. The molecule has 1 saturated heterocycles. The lowest BCUT2D eigenvalue weighted by Gasteiger charge is -2.70. The summed E-state index contributed by atoms with van der Waals surface area (Å²) in [5.74, 6) is 0.185. The van der Waals surface area contributed by atoms with E-state index >= 15 is 0 Å². The summed E-state index contributed by atoms with van der Waals surface area (Å²) in [5.41, 5.74) is -1.25. The van der Waals surface area contributed by atoms with Crippen LogP contribution in [0.25, 0.3) is 0 Å². The van der Waals surface area contributed by atoms with E-state index in [-0.39, 0.29) is 74.6 Å². The lowest BCUT2D eigenvalue weighted by Crippen LogP contribution is -2.66. The molecule has 0 aromatic rings. The van der Waals surface area contributed by atoms with Crippen LogP contribution in [0.2, 0.25) is 0 Å². The molecule has 1 unspecified atom stereocenters. The van der Waals surface area contributed by atoms with Crippen LogP contribution in [0.3, 0.4) is 0 Å². The minimum absolute atomic E-state index is 0.0124. The molecular formula is C43H71N3O5. The minimum atomic E-state index is -0.699. The zero-order valence-electron chi connectivity index (χ0n) is 34.3. The zero-order chi connectivity index (χ0) is 38.1. The number of rotatable bonds is 5. The predicted molar refractivity (Wildman–Crippen MR) is 201 cm³/mol. The summed E-state index contributed by atoms with van der Waals surface area (Å²) < 4.78 is 0. The Hall–Kier alpha value is -1.77. The van der Waals surface area contributed by atoms with Crippen molar-refractivity contribution in [2.75, 3.05) is 0 Å². The number of carbonyl (C=O) groups excluding carboxylic acids is 3. The van der Waals surface area contributed by atoms with Crippen LogP contribution < -0.4 is 10.6 Å². The molecule has 4 N–H and O–H groups in total. The largest absolute Gasteiger partial charge is 0.393 e. The Balaban J connectivity index is 1.27. The van der Waals surface area contributed by atoms with Crippen LogP contribution in [0.15, 0.2) is 11.6 Å². The van der Waals surface area contributed by atoms with Gasteiger partial charge in [0.25, 0.3) is 0 Å². The number of allylic oxidation sites excluding steroid dienone is 2. The summed E-state index contributed by atoms with van der Waals surface area (Å²) in [6.45, 7) is 27.9. The molecule has 8 nitrogen and oxygen atoms in total. The number of hydrogen-bond donors (Lipinski definition) is 4. The first-order valence-corrected chi connectivity index (χ1v) is 20.3. The quantitative estimate of drug-likeness (QED) is 0.234. The van der Waals surface area contributed by atoms with Crippen molar-refractivity contribution >= 4 is 17.6 Å². The molecule has 4 saturated carbocycles. The predicted octanol–water partition coefficient (Wildman–Crippen LogP) is 7.61. The highest BCUT2D eigenvalue weighted by molar-refractivity contribution is 5.96. The van der Waals surface area contributed by atoms with Crippen LogP contribution in [0.5, 0.6) is 0 Å². The van der Waals surface area contributed by atoms with Crippen molar-refractivity contribution in [2.24, 2.45) is 56.2 Å². The third-order valence-electron chi connectivity index (χ3n) is 17.3. The first-order valence-electron chi connectivity index (χ1n) is 20.3. The molecule has 51 heavy (non-hydrogen) atoms. The average Bonchev–Trinajstić information content (AvgIpc) is 3.17. The number of amides is 2. The molecule has 6 rings (SSSR count). The maximum atomic E-state index is 14.7. The Morgan fingerprint density at radius 3 is 2.08 bits per heavy atom. The summed E-state index contributed by atoms with van der Waals surface area (Å²) >= 11 is 0. The molecule has 0 aromatic heterocycles. The van der Waals surface area contributed by atoms with E-state index in [1.54, 1.807) is 0 Å². The van der Waals surface area contributed by atoms with E-state index in [1.807, 2.05) is 41.5 Å². The van der Waals surface area contributed by atoms with Crippen molar-refractivity contribution in [2.45, 2.75) is 183 Å². The van der Waals surface area contributed by atoms with Gasteiger partial charge in [0.05, 0.1) is 17.7 Å². The molecule has 5 fully saturated rings. The van der Waals surface area contributed by atoms with Crippen LogP contribution >= 0.6 is 0 Å². The molecule has 2 amide bonds. The van der Waals surface area contributed by atoms with Crippen molar-refractivity contribution < 1.29 is 24.7 Å². The van der Waals surface area contributed by atoms with E-state index in [0.717, 1.165) is 51.4 Å². The van der Waals surface area contributed by atoms with Gasteiger partial charge in [0, 0.05) is 16.9 Å². The monoisotopic (exact) mass is 710 g/mol. The lowest BCUT2D eigenvalue weighted by atomic mass is 9.33. The number of aliphatic hydroxyl groups is 1. The van der Waals surface area contributed by atoms with E-state index in [4.69, 9.17) is 0 Å². The number of nitrogens with zero attached hydrogens (tertiary/aromatic N) is 1. The van der Waals surface area contributed by atoms with Crippen LogP contribution in [-0.2, 0) is 14.4 Å². The van der Waals surface area contributed by atoms with Gasteiger partial charge >= 0.3 is 0 Å². The van der Waals surface area contributed by atoms with Crippen LogP contribution in [0, 0.1) is 56.2 Å². The van der Waals surface area contributed by atoms with Crippen molar-refractivity contribution in [3.63, 3.8) is 0 Å². The van der Waals surface area contributed by atoms with Gasteiger partial charge in [-0.25, -0.2) is 0 Å². The summed E-state index contributed by atoms with van der Waals surface area (Å²) in [6.07, 6.45) is 10.4. The molecule has 0 radical (unpaired) electrons. The Kier molecular flexibility index (Phi) is 9.06. The standard InChI is InChI=1S/C43H71N3O5/c1-25(2)32(34(49)44-30-24-36(3,4)46(51)38(30,7)8)45-35(50)40(10)19-18-39(9)20-21-42(12)26(27(39)23-40)22-28(47)33-41(11)16-15-31(48)37(5,6)29(41)14-17-43(33,42)13/h22,25,27,29-33,48,51H,14-21,23-24H2,1-13H3,(H,44,49)(H,45,50)/t27-,29-,30?,31-,32-,33+,39+,40-,41-,42+,43+/m0/s1. The van der Waals surface area contributed by atoms with Crippen LogP contribution in [0.4, 0.5) is 0 Å². The smallest absolute Gasteiger partial charge is 0.243 e. The number of hydrogen-bond acceptors (Lipinski definition) is 6. The normalized spacial score (nSPS) is 46.2. The molecule has 0 bridgehead atoms. The number of hydroxylamine groups is 2. The average molecular weight is 710 g/mol. The highest BCUT2D eigenvalue weighted by atomic mass is 16.5. The number of ketones is 1. The molecule has 1 heterocycles. The van der Waals surface area contributed by atoms with Crippen molar-refractivity contribution in [1.29, 1.82) is 0 Å². The molecule has 8 heteroatoms. The maximum Gasteiger partial charge on any atom is 0.243 e. The fraction of sp³-hybridized carbons (Fsp3) is 0.884. The second-order valence-electron chi connectivity index (χ2n) is 21.9. The molecule has 5 aliphatic carbocycles. The van der Waals surface area contributed by atoms with E-state index in [0.29, 0.717) is 18.8 Å². The molecule has 0 spiro atoms. The summed E-state index contributed by atoms with van der Waals surface area (Å²) in [7, 11) is 0. The fourth-order valence-electron chi connectivity index (χ4n) is 13.5. The van der Waals surface area contributed by atoms with Gasteiger partial charge in [-0.2, -0.15) is 5.06 Å². The van der Waals surface area contributed by atoms with Crippen LogP contribution in [0.1, 0.15) is 154 Å². The van der Waals surface area contributed by atoms with E-state index in [9.17, 15) is 24.7 Å². The van der Waals surface area contributed by atoms with Gasteiger partial charge in [-0.1, -0.05) is 67.9 Å². The minimum Gasteiger partial charge on any atom is -0.393 e. The Morgan fingerprint density at radius 2 is 1.49 bits per heavy atom. The lowest BCUT2D eigenvalue weighted by molar-refractivity contribution is -0.202. The first-order chi connectivity index (χ1) is 23.2. The van der Waals surface area contributed by atoms with Gasteiger partial charge in [-0.05, 0) is 143 Å². The summed E-state index contributed by atoms with van der Waals surface area (Å²) in [5, 5.41) is 29.7. The molecule has 288 valence electrons. The van der Waals surface area contributed by atoms with Crippen molar-refractivity contribution in [1.82, 2.24) is 15.7 Å². The SMILES string of the molecule is CC(C)[C@H](NC(=O)[C@@]1(C)CC[C@]2(C)CC[C@]3(C)C(=CC(=O)[C@@H]4[C@@]5(C)CC[C@H](O)C(C)(C)[C@@H]5CC[C@]43C)[C@@H]2C1)C(=O)NC1CC(C)(C)N(O)C1(C)C. The Labute approximate surface area is 308 Å². The fourth-order valence-corrected chi connectivity index (χ4v) is 13.5. The van der Waals surface area contributed by atoms with Crippen molar-refractivity contribution in [3.05, 3.63) is 11.6 Å². The van der Waals surface area contributed by atoms with Gasteiger partial charge in [-0.3, -0.25) is 14.4 Å². The van der Waals surface area contributed by atoms with Gasteiger partial charge in [0.2, 0.25) is 11.8 Å². The molecule has 1 aliphatic heterocycles. The number of aliphatic hydroxyl groups excluding tert-OH is 1. The van der Waals surface area contributed by atoms with Gasteiger partial charge < -0.3 is 20.9 Å². The first kappa shape index (κ1) is 38.9. The molecule has 0 aromatic carbocycles. The van der Waals surface area contributed by atoms with E-state index < -0.39 is 22.5 Å². The number of carbonyl (C=O) groups is 3. The van der Waals surface area contributed by atoms with Gasteiger partial charge in [0.1, 0.15) is 6.04 Å². The second kappa shape index (κ2) is 11.9. The highest BCUT2D eigenvalue weighted by Gasteiger charge is 2.70. The maximum absolute atomic E-state index is 14.7. The number of fused-ring (bicyclic) bond motifs is 7.